The maximum atomic E-state index is 12.2. The second-order valence-electron chi connectivity index (χ2n) is 9.17. The molecular weight excluding hydrogens is 380 g/mol. The molecule has 1 aromatic heterocycles. The molecule has 2 aromatic rings. The molecule has 4 N–H and O–H groups in total. The number of hydrogen-bond acceptors (Lipinski definition) is 8. The summed E-state index contributed by atoms with van der Waals surface area (Å²) in [6.45, 7) is 8.81. The van der Waals surface area contributed by atoms with E-state index < -0.39 is 5.97 Å². The summed E-state index contributed by atoms with van der Waals surface area (Å²) in [7, 11) is 3.18. The average molecular weight is 413 g/mol. The average Bonchev–Trinajstić information content (AvgIpc) is 2.66. The second kappa shape index (κ2) is 8.10. The summed E-state index contributed by atoms with van der Waals surface area (Å²) in [6.07, 6.45) is 3.37. The lowest BCUT2D eigenvalue weighted by molar-refractivity contribution is 0.0601. The Kier molecular flexibility index (Phi) is 5.90. The Morgan fingerprint density at radius 3 is 2.47 bits per heavy atom. The van der Waals surface area contributed by atoms with Gasteiger partial charge in [-0.05, 0) is 52.7 Å². The van der Waals surface area contributed by atoms with Crippen molar-refractivity contribution in [3.63, 3.8) is 0 Å². The number of carbonyl (C=O) groups excluding carboxylic acids is 1. The molecule has 1 aromatic carbocycles. The van der Waals surface area contributed by atoms with Gasteiger partial charge in [-0.1, -0.05) is 12.1 Å². The zero-order chi connectivity index (χ0) is 22.1. The van der Waals surface area contributed by atoms with Crippen molar-refractivity contribution >= 4 is 29.0 Å². The molecule has 0 saturated carbocycles. The van der Waals surface area contributed by atoms with Gasteiger partial charge in [0.25, 0.3) is 0 Å². The molecule has 8 heteroatoms. The van der Waals surface area contributed by atoms with Crippen LogP contribution in [0.5, 0.6) is 0 Å². The van der Waals surface area contributed by atoms with Gasteiger partial charge in [0.1, 0.15) is 12.0 Å². The van der Waals surface area contributed by atoms with Crippen LogP contribution in [0.1, 0.15) is 50.9 Å². The minimum atomic E-state index is -0.414. The van der Waals surface area contributed by atoms with Gasteiger partial charge in [-0.2, -0.15) is 0 Å². The van der Waals surface area contributed by atoms with Crippen molar-refractivity contribution in [1.29, 1.82) is 0 Å². The monoisotopic (exact) mass is 412 g/mol. The van der Waals surface area contributed by atoms with E-state index in [0.717, 1.165) is 12.8 Å². The number of nitrogens with one attached hydrogen (secondary N) is 2. The third kappa shape index (κ3) is 4.64. The van der Waals surface area contributed by atoms with Crippen molar-refractivity contribution in [2.75, 3.05) is 30.1 Å². The van der Waals surface area contributed by atoms with Gasteiger partial charge in [0.05, 0.1) is 18.4 Å². The molecular formula is C22H32N6O2. The number of nitrogens with zero attached hydrogens (tertiary/aromatic N) is 3. The highest BCUT2D eigenvalue weighted by molar-refractivity contribution is 5.97. The normalized spacial score (nSPS) is 17.9. The van der Waals surface area contributed by atoms with E-state index in [9.17, 15) is 4.79 Å². The van der Waals surface area contributed by atoms with Crippen LogP contribution in [0.25, 0.3) is 0 Å². The smallest absolute Gasteiger partial charge is 0.339 e. The standard InChI is InChI=1S/C22H32N6O2/c1-21(2)11-14(12-22(3,4)27-21)26-18-17(23)19(25-13-24-18)28(5)16-10-8-7-9-15(16)20(29)30-6/h7-10,13-14,27H,11-12,23H2,1-6H3,(H,24,25,26). The third-order valence-electron chi connectivity index (χ3n) is 5.38. The maximum Gasteiger partial charge on any atom is 0.339 e. The number of ether oxygens (including phenoxy) is 1. The molecule has 0 unspecified atom stereocenters. The molecule has 1 aliphatic heterocycles. The van der Waals surface area contributed by atoms with E-state index in [1.165, 1.54) is 13.4 Å². The molecule has 1 saturated heterocycles. The fourth-order valence-electron chi connectivity index (χ4n) is 4.55. The molecule has 0 atom stereocenters. The number of para-hydroxylation sites is 1. The molecule has 3 rings (SSSR count). The van der Waals surface area contributed by atoms with Crippen molar-refractivity contribution in [1.82, 2.24) is 15.3 Å². The summed E-state index contributed by atoms with van der Waals surface area (Å²) in [5, 5.41) is 7.20. The van der Waals surface area contributed by atoms with Gasteiger partial charge < -0.3 is 26.0 Å². The second-order valence-corrected chi connectivity index (χ2v) is 9.17. The first-order valence-corrected chi connectivity index (χ1v) is 10.1. The highest BCUT2D eigenvalue weighted by Gasteiger charge is 2.38. The lowest BCUT2D eigenvalue weighted by Gasteiger charge is -2.46. The first-order chi connectivity index (χ1) is 14.0. The number of aromatic nitrogens is 2. The Labute approximate surface area is 178 Å². The predicted molar refractivity (Wildman–Crippen MR) is 120 cm³/mol. The van der Waals surface area contributed by atoms with E-state index in [0.29, 0.717) is 28.6 Å². The molecule has 0 radical (unpaired) electrons. The molecule has 2 heterocycles. The van der Waals surface area contributed by atoms with Crippen LogP contribution >= 0.6 is 0 Å². The number of piperidine rings is 1. The predicted octanol–water partition coefficient (Wildman–Crippen LogP) is 3.33. The molecule has 0 amide bonds. The highest BCUT2D eigenvalue weighted by atomic mass is 16.5. The number of rotatable bonds is 5. The van der Waals surface area contributed by atoms with Gasteiger partial charge in [-0.3, -0.25) is 0 Å². The number of methoxy groups -OCH3 is 1. The van der Waals surface area contributed by atoms with E-state index in [1.807, 2.05) is 19.2 Å². The van der Waals surface area contributed by atoms with Crippen LogP contribution in [0.4, 0.5) is 23.0 Å². The summed E-state index contributed by atoms with van der Waals surface area (Å²) in [4.78, 5) is 22.7. The zero-order valence-electron chi connectivity index (χ0n) is 18.6. The van der Waals surface area contributed by atoms with Crippen molar-refractivity contribution < 1.29 is 9.53 Å². The molecule has 30 heavy (non-hydrogen) atoms. The van der Waals surface area contributed by atoms with E-state index >= 15 is 0 Å². The number of nitrogens with two attached hydrogens (primary N) is 1. The molecule has 0 bridgehead atoms. The fourth-order valence-corrected chi connectivity index (χ4v) is 4.55. The van der Waals surface area contributed by atoms with E-state index in [-0.39, 0.29) is 17.1 Å². The Morgan fingerprint density at radius 1 is 1.20 bits per heavy atom. The van der Waals surface area contributed by atoms with Crippen molar-refractivity contribution in [2.24, 2.45) is 0 Å². The summed E-state index contributed by atoms with van der Waals surface area (Å²) < 4.78 is 4.91. The largest absolute Gasteiger partial charge is 0.465 e. The quantitative estimate of drug-likeness (QED) is 0.642. The van der Waals surface area contributed by atoms with Crippen LogP contribution in [-0.4, -0.2) is 47.2 Å². The maximum absolute atomic E-state index is 12.2. The number of anilines is 4. The van der Waals surface area contributed by atoms with Crippen LogP contribution in [0.15, 0.2) is 30.6 Å². The van der Waals surface area contributed by atoms with Crippen LogP contribution in [0.2, 0.25) is 0 Å². The zero-order valence-corrected chi connectivity index (χ0v) is 18.6. The van der Waals surface area contributed by atoms with E-state index in [2.05, 4.69) is 48.3 Å². The molecule has 1 aliphatic rings. The van der Waals surface area contributed by atoms with E-state index in [1.54, 1.807) is 17.0 Å². The topological polar surface area (TPSA) is 105 Å². The van der Waals surface area contributed by atoms with Crippen molar-refractivity contribution in [2.45, 2.75) is 57.7 Å². The Hall–Kier alpha value is -2.87. The van der Waals surface area contributed by atoms with Crippen LogP contribution in [0.3, 0.4) is 0 Å². The summed E-state index contributed by atoms with van der Waals surface area (Å²) in [5.74, 6) is 0.708. The van der Waals surface area contributed by atoms with E-state index in [4.69, 9.17) is 10.5 Å². The van der Waals surface area contributed by atoms with Crippen molar-refractivity contribution in [3.05, 3.63) is 36.2 Å². The van der Waals surface area contributed by atoms with Gasteiger partial charge in [0, 0.05) is 24.2 Å². The fraction of sp³-hybridized carbons (Fsp3) is 0.500. The van der Waals surface area contributed by atoms with Crippen LogP contribution in [0, 0.1) is 0 Å². The van der Waals surface area contributed by atoms with Crippen LogP contribution in [-0.2, 0) is 4.74 Å². The lowest BCUT2D eigenvalue weighted by atomic mass is 9.79. The van der Waals surface area contributed by atoms with Gasteiger partial charge in [-0.25, -0.2) is 14.8 Å². The minimum absolute atomic E-state index is 0.000282. The first-order valence-electron chi connectivity index (χ1n) is 10.1. The molecule has 1 fully saturated rings. The number of benzene rings is 1. The Balaban J connectivity index is 1.90. The van der Waals surface area contributed by atoms with Gasteiger partial charge in [-0.15, -0.1) is 0 Å². The molecule has 8 nitrogen and oxygen atoms in total. The summed E-state index contributed by atoms with van der Waals surface area (Å²) in [5.41, 5.74) is 8.01. The van der Waals surface area contributed by atoms with Gasteiger partial charge in [0.2, 0.25) is 0 Å². The van der Waals surface area contributed by atoms with Gasteiger partial charge >= 0.3 is 5.97 Å². The summed E-state index contributed by atoms with van der Waals surface area (Å²) >= 11 is 0. The Bertz CT molecular complexity index is 912. The third-order valence-corrected chi connectivity index (χ3v) is 5.38. The number of hydrogen-bond donors (Lipinski definition) is 3. The van der Waals surface area contributed by atoms with Crippen LogP contribution < -0.4 is 21.3 Å². The number of esters is 1. The van der Waals surface area contributed by atoms with Gasteiger partial charge in [0.15, 0.2) is 11.6 Å². The number of nitrogen functional groups attached to an aromatic ring is 1. The first kappa shape index (κ1) is 21.8. The number of carbonyl (C=O) groups is 1. The lowest BCUT2D eigenvalue weighted by Crippen LogP contribution is -2.60. The SMILES string of the molecule is COC(=O)c1ccccc1N(C)c1ncnc(NC2CC(C)(C)NC(C)(C)C2)c1N. The molecule has 0 spiro atoms. The minimum Gasteiger partial charge on any atom is -0.465 e. The highest BCUT2D eigenvalue weighted by Crippen LogP contribution is 2.35. The Morgan fingerprint density at radius 2 is 1.83 bits per heavy atom. The molecule has 0 aliphatic carbocycles. The molecule has 162 valence electrons. The van der Waals surface area contributed by atoms with Crippen molar-refractivity contribution in [3.8, 4) is 0 Å². The summed E-state index contributed by atoms with van der Waals surface area (Å²) in [6, 6.07) is 7.41.